The quantitative estimate of drug-likeness (QED) is 0.614. The van der Waals surface area contributed by atoms with Crippen LogP contribution in [0.5, 0.6) is 0 Å². The van der Waals surface area contributed by atoms with Gasteiger partial charge in [-0.3, -0.25) is 0 Å². The first-order valence-electron chi connectivity index (χ1n) is 5.59. The van der Waals surface area contributed by atoms with Crippen LogP contribution in [0.1, 0.15) is 31.7 Å². The normalized spacial score (nSPS) is 11.6. The highest BCUT2D eigenvalue weighted by molar-refractivity contribution is 7.90. The van der Waals surface area contributed by atoms with Gasteiger partial charge in [0.05, 0.1) is 11.5 Å². The largest absolute Gasteiger partial charge is 0.398 e. The summed E-state index contributed by atoms with van der Waals surface area (Å²) in [6, 6.07) is 7.12. The predicted molar refractivity (Wildman–Crippen MR) is 67.9 cm³/mol. The molecule has 4 heteroatoms. The zero-order chi connectivity index (χ0) is 12.0. The van der Waals surface area contributed by atoms with E-state index in [1.807, 2.05) is 12.1 Å². The van der Waals surface area contributed by atoms with Crippen molar-refractivity contribution in [3.63, 3.8) is 0 Å². The number of nitrogens with two attached hydrogens (primary N) is 1. The number of unbranched alkanes of at least 4 members (excludes halogenated alkanes) is 2. The molecule has 0 unspecified atom stereocenters. The lowest BCUT2D eigenvalue weighted by molar-refractivity contribution is 0.590. The molecule has 0 aromatic heterocycles. The smallest absolute Gasteiger partial charge is 0.154 e. The summed E-state index contributed by atoms with van der Waals surface area (Å²) >= 11 is 0. The van der Waals surface area contributed by atoms with Crippen molar-refractivity contribution >= 4 is 15.5 Å². The van der Waals surface area contributed by atoms with E-state index in [9.17, 15) is 8.42 Å². The van der Waals surface area contributed by atoms with Crippen LogP contribution in [-0.2, 0) is 15.6 Å². The zero-order valence-electron chi connectivity index (χ0n) is 9.65. The molecule has 0 aliphatic heterocycles. The van der Waals surface area contributed by atoms with E-state index in [-0.39, 0.29) is 11.5 Å². The molecular weight excluding hydrogens is 222 g/mol. The molecular formula is C12H19NO2S. The first kappa shape index (κ1) is 13.0. The SMILES string of the molecule is CCCCCS(=O)(=O)Cc1ccccc1N. The zero-order valence-corrected chi connectivity index (χ0v) is 10.5. The molecule has 16 heavy (non-hydrogen) atoms. The molecule has 1 aromatic carbocycles. The van der Waals surface area contributed by atoms with Crippen LogP contribution in [0.25, 0.3) is 0 Å². The lowest BCUT2D eigenvalue weighted by Crippen LogP contribution is -2.10. The van der Waals surface area contributed by atoms with Crippen LogP contribution in [0.2, 0.25) is 0 Å². The second-order valence-corrected chi connectivity index (χ2v) is 6.18. The van der Waals surface area contributed by atoms with Crippen LogP contribution in [0.3, 0.4) is 0 Å². The van der Waals surface area contributed by atoms with Gasteiger partial charge >= 0.3 is 0 Å². The Hall–Kier alpha value is -1.03. The Labute approximate surface area is 97.6 Å². The predicted octanol–water partition coefficient (Wildman–Crippen LogP) is 2.37. The van der Waals surface area contributed by atoms with Crippen LogP contribution < -0.4 is 5.73 Å². The number of sulfone groups is 1. The molecule has 0 atom stereocenters. The summed E-state index contributed by atoms with van der Waals surface area (Å²) in [6.07, 6.45) is 2.73. The molecule has 90 valence electrons. The van der Waals surface area contributed by atoms with Gasteiger partial charge in [0.25, 0.3) is 0 Å². The minimum absolute atomic E-state index is 0.0589. The molecule has 0 fully saturated rings. The molecule has 1 rings (SSSR count). The van der Waals surface area contributed by atoms with E-state index in [1.165, 1.54) is 0 Å². The fourth-order valence-electron chi connectivity index (χ4n) is 1.55. The fourth-order valence-corrected chi connectivity index (χ4v) is 3.07. The molecule has 1 aromatic rings. The Kier molecular flexibility index (Phi) is 4.80. The van der Waals surface area contributed by atoms with E-state index < -0.39 is 9.84 Å². The number of nitrogen functional groups attached to an aromatic ring is 1. The maximum absolute atomic E-state index is 11.8. The highest BCUT2D eigenvalue weighted by Gasteiger charge is 2.12. The van der Waals surface area contributed by atoms with Gasteiger partial charge in [0.1, 0.15) is 0 Å². The molecule has 0 saturated carbocycles. The minimum Gasteiger partial charge on any atom is -0.398 e. The fraction of sp³-hybridized carbons (Fsp3) is 0.500. The third-order valence-corrected chi connectivity index (χ3v) is 4.15. The third kappa shape index (κ3) is 4.23. The van der Waals surface area contributed by atoms with Gasteiger partial charge in [-0.25, -0.2) is 8.42 Å². The van der Waals surface area contributed by atoms with Crippen LogP contribution in [0.4, 0.5) is 5.69 Å². The summed E-state index contributed by atoms with van der Waals surface area (Å²) in [7, 11) is -3.01. The van der Waals surface area contributed by atoms with Crippen molar-refractivity contribution in [1.82, 2.24) is 0 Å². The molecule has 0 spiro atoms. The summed E-state index contributed by atoms with van der Waals surface area (Å²) in [5.41, 5.74) is 6.98. The van der Waals surface area contributed by atoms with Crippen LogP contribution in [-0.4, -0.2) is 14.2 Å². The van der Waals surface area contributed by atoms with Gasteiger partial charge in [-0.05, 0) is 18.1 Å². The highest BCUT2D eigenvalue weighted by Crippen LogP contribution is 2.15. The molecule has 3 nitrogen and oxygen atoms in total. The van der Waals surface area contributed by atoms with Crippen molar-refractivity contribution in [2.45, 2.75) is 31.9 Å². The number of rotatable bonds is 6. The van der Waals surface area contributed by atoms with Gasteiger partial charge < -0.3 is 5.73 Å². The van der Waals surface area contributed by atoms with Crippen molar-refractivity contribution in [3.05, 3.63) is 29.8 Å². The van der Waals surface area contributed by atoms with E-state index in [0.29, 0.717) is 11.3 Å². The Morgan fingerprint density at radius 1 is 1.19 bits per heavy atom. The maximum Gasteiger partial charge on any atom is 0.154 e. The molecule has 0 heterocycles. The summed E-state index contributed by atoms with van der Waals surface area (Å²) in [6.45, 7) is 2.06. The van der Waals surface area contributed by atoms with Gasteiger partial charge in [-0.15, -0.1) is 0 Å². The van der Waals surface area contributed by atoms with Gasteiger partial charge in [0.15, 0.2) is 9.84 Å². The molecule has 0 aliphatic carbocycles. The molecule has 2 N–H and O–H groups in total. The van der Waals surface area contributed by atoms with Crippen LogP contribution in [0.15, 0.2) is 24.3 Å². The van der Waals surface area contributed by atoms with Crippen LogP contribution >= 0.6 is 0 Å². The van der Waals surface area contributed by atoms with E-state index in [2.05, 4.69) is 6.92 Å². The van der Waals surface area contributed by atoms with Gasteiger partial charge in [-0.2, -0.15) is 0 Å². The summed E-state index contributed by atoms with van der Waals surface area (Å²) in [5.74, 6) is 0.318. The first-order valence-corrected chi connectivity index (χ1v) is 7.41. The number of hydrogen-bond donors (Lipinski definition) is 1. The topological polar surface area (TPSA) is 60.2 Å². The lowest BCUT2D eigenvalue weighted by atomic mass is 10.2. The average Bonchev–Trinajstić information content (AvgIpc) is 2.21. The van der Waals surface area contributed by atoms with Crippen molar-refractivity contribution < 1.29 is 8.42 Å². The second kappa shape index (κ2) is 5.89. The first-order chi connectivity index (χ1) is 7.55. The van der Waals surface area contributed by atoms with Crippen molar-refractivity contribution in [3.8, 4) is 0 Å². The summed E-state index contributed by atoms with van der Waals surface area (Å²) in [5, 5.41) is 0. The molecule has 0 radical (unpaired) electrons. The molecule has 0 amide bonds. The van der Waals surface area contributed by atoms with E-state index in [1.54, 1.807) is 12.1 Å². The number of benzene rings is 1. The van der Waals surface area contributed by atoms with Crippen LogP contribution in [0, 0.1) is 0 Å². The minimum atomic E-state index is -3.01. The Balaban J connectivity index is 2.63. The Morgan fingerprint density at radius 3 is 2.50 bits per heavy atom. The Bertz CT molecular complexity index is 426. The van der Waals surface area contributed by atoms with Gasteiger partial charge in [0, 0.05) is 5.69 Å². The maximum atomic E-state index is 11.8. The van der Waals surface area contributed by atoms with Gasteiger partial charge in [0.2, 0.25) is 0 Å². The van der Waals surface area contributed by atoms with Crippen molar-refractivity contribution in [2.24, 2.45) is 0 Å². The Morgan fingerprint density at radius 2 is 1.88 bits per heavy atom. The summed E-state index contributed by atoms with van der Waals surface area (Å²) < 4.78 is 23.5. The van der Waals surface area contributed by atoms with E-state index in [4.69, 9.17) is 5.73 Å². The van der Waals surface area contributed by atoms with Crippen molar-refractivity contribution in [1.29, 1.82) is 0 Å². The standard InChI is InChI=1S/C12H19NO2S/c1-2-3-6-9-16(14,15)10-11-7-4-5-8-12(11)13/h4-5,7-8H,2-3,6,9-10,13H2,1H3. The highest BCUT2D eigenvalue weighted by atomic mass is 32.2. The summed E-state index contributed by atoms with van der Waals surface area (Å²) in [4.78, 5) is 0. The number of anilines is 1. The second-order valence-electron chi connectivity index (χ2n) is 4.00. The van der Waals surface area contributed by atoms with E-state index >= 15 is 0 Å². The van der Waals surface area contributed by atoms with Crippen molar-refractivity contribution in [2.75, 3.05) is 11.5 Å². The van der Waals surface area contributed by atoms with Gasteiger partial charge in [-0.1, -0.05) is 38.0 Å². The molecule has 0 bridgehead atoms. The third-order valence-electron chi connectivity index (χ3n) is 2.49. The molecule has 0 saturated heterocycles. The molecule has 0 aliphatic rings. The number of hydrogen-bond acceptors (Lipinski definition) is 3. The lowest BCUT2D eigenvalue weighted by Gasteiger charge is -2.06. The average molecular weight is 241 g/mol. The number of para-hydroxylation sites is 1. The van der Waals surface area contributed by atoms with E-state index in [0.717, 1.165) is 19.3 Å². The monoisotopic (exact) mass is 241 g/mol.